The number of halogens is 1. The van der Waals surface area contributed by atoms with E-state index in [4.69, 9.17) is 16.7 Å². The molecule has 6 nitrogen and oxygen atoms in total. The second kappa shape index (κ2) is 6.43. The molecule has 0 unspecified atom stereocenters. The van der Waals surface area contributed by atoms with Gasteiger partial charge in [-0.2, -0.15) is 0 Å². The molecule has 116 valence electrons. The maximum atomic E-state index is 12.0. The molecule has 2 aromatic rings. The molecule has 0 radical (unpaired) electrons. The van der Waals surface area contributed by atoms with Crippen LogP contribution in [0.2, 0.25) is 5.02 Å². The Morgan fingerprint density at radius 2 is 2.05 bits per heavy atom. The summed E-state index contributed by atoms with van der Waals surface area (Å²) in [4.78, 5) is 15.8. The number of rotatable bonds is 4. The third kappa shape index (κ3) is 4.27. The topological polar surface area (TPSA) is 102 Å². The normalized spacial score (nSPS) is 11.2. The molecular weight excluding hydrogens is 326 g/mol. The van der Waals surface area contributed by atoms with Crippen molar-refractivity contribution < 1.29 is 13.2 Å². The third-order valence-corrected chi connectivity index (χ3v) is 4.25. The Balaban J connectivity index is 2.13. The van der Waals surface area contributed by atoms with Gasteiger partial charge in [0.1, 0.15) is 4.90 Å². The number of pyridine rings is 1. The number of hydrogen-bond acceptors (Lipinski definition) is 4. The number of sulfonamides is 1. The number of aryl methyl sites for hydroxylation is 1. The van der Waals surface area contributed by atoms with Crippen LogP contribution in [0.5, 0.6) is 0 Å². The first kappa shape index (κ1) is 16.4. The first-order valence-electron chi connectivity index (χ1n) is 6.29. The predicted molar refractivity (Wildman–Crippen MR) is 84.1 cm³/mol. The number of nitrogens with zero attached hydrogens (tertiary/aromatic N) is 1. The van der Waals surface area contributed by atoms with E-state index in [0.717, 1.165) is 11.3 Å². The van der Waals surface area contributed by atoms with Crippen LogP contribution in [0.15, 0.2) is 41.4 Å². The van der Waals surface area contributed by atoms with Crippen molar-refractivity contribution in [1.29, 1.82) is 0 Å². The van der Waals surface area contributed by atoms with Crippen molar-refractivity contribution in [3.05, 3.63) is 52.8 Å². The largest absolute Gasteiger partial charge is 0.326 e. The lowest BCUT2D eigenvalue weighted by molar-refractivity contribution is -0.115. The molecule has 1 aromatic heterocycles. The summed E-state index contributed by atoms with van der Waals surface area (Å²) in [6, 6.07) is 7.71. The van der Waals surface area contributed by atoms with Crippen molar-refractivity contribution in [2.24, 2.45) is 5.14 Å². The highest BCUT2D eigenvalue weighted by atomic mass is 35.5. The van der Waals surface area contributed by atoms with E-state index in [1.807, 2.05) is 13.0 Å². The highest BCUT2D eigenvalue weighted by Crippen LogP contribution is 2.24. The van der Waals surface area contributed by atoms with E-state index in [1.54, 1.807) is 12.3 Å². The summed E-state index contributed by atoms with van der Waals surface area (Å²) in [5.74, 6) is -0.298. The number of primary sulfonamides is 1. The maximum Gasteiger partial charge on any atom is 0.239 e. The molecule has 1 aromatic carbocycles. The van der Waals surface area contributed by atoms with Crippen molar-refractivity contribution in [2.45, 2.75) is 18.2 Å². The van der Waals surface area contributed by atoms with Gasteiger partial charge in [0.05, 0.1) is 11.4 Å². The summed E-state index contributed by atoms with van der Waals surface area (Å²) in [5.41, 5.74) is 1.92. The maximum absolute atomic E-state index is 12.0. The number of carbonyl (C=O) groups is 1. The summed E-state index contributed by atoms with van der Waals surface area (Å²) >= 11 is 5.78. The fourth-order valence-electron chi connectivity index (χ4n) is 1.79. The number of nitrogens with two attached hydrogens (primary N) is 1. The number of amides is 1. The number of anilines is 1. The standard InChI is InChI=1S/C14H14ClN3O3S/c1-9-2-3-10(8-17-9)6-14(19)18-11-4-5-12(15)13(7-11)22(16,20)21/h2-5,7-8H,6H2,1H3,(H,18,19)(H2,16,20,21). The molecule has 0 aliphatic heterocycles. The molecule has 0 spiro atoms. The van der Waals surface area contributed by atoms with Crippen molar-refractivity contribution in [1.82, 2.24) is 4.98 Å². The molecule has 22 heavy (non-hydrogen) atoms. The van der Waals surface area contributed by atoms with Crippen LogP contribution in [0.25, 0.3) is 0 Å². The van der Waals surface area contributed by atoms with Crippen molar-refractivity contribution in [3.8, 4) is 0 Å². The molecular formula is C14H14ClN3O3S. The Morgan fingerprint density at radius 3 is 2.64 bits per heavy atom. The molecule has 0 aliphatic rings. The van der Waals surface area contributed by atoms with Gasteiger partial charge >= 0.3 is 0 Å². The van der Waals surface area contributed by atoms with Gasteiger partial charge in [0.2, 0.25) is 15.9 Å². The van der Waals surface area contributed by atoms with E-state index in [2.05, 4.69) is 10.3 Å². The van der Waals surface area contributed by atoms with Crippen LogP contribution >= 0.6 is 11.6 Å². The van der Waals surface area contributed by atoms with Crippen LogP contribution in [-0.2, 0) is 21.2 Å². The summed E-state index contributed by atoms with van der Waals surface area (Å²) in [6.45, 7) is 1.85. The van der Waals surface area contributed by atoms with Gasteiger partial charge in [-0.3, -0.25) is 9.78 Å². The summed E-state index contributed by atoms with van der Waals surface area (Å²) in [5, 5.41) is 7.66. The number of aromatic nitrogens is 1. The van der Waals surface area contributed by atoms with E-state index in [9.17, 15) is 13.2 Å². The van der Waals surface area contributed by atoms with Gasteiger partial charge < -0.3 is 5.32 Å². The molecule has 1 amide bonds. The molecule has 3 N–H and O–H groups in total. The van der Waals surface area contributed by atoms with Crippen molar-refractivity contribution in [2.75, 3.05) is 5.32 Å². The molecule has 0 saturated carbocycles. The first-order valence-corrected chi connectivity index (χ1v) is 8.22. The number of nitrogens with one attached hydrogen (secondary N) is 1. The predicted octanol–water partition coefficient (Wildman–Crippen LogP) is 1.87. The highest BCUT2D eigenvalue weighted by Gasteiger charge is 2.14. The average Bonchev–Trinajstić information content (AvgIpc) is 2.42. The minimum atomic E-state index is -3.95. The van der Waals surface area contributed by atoms with E-state index in [1.165, 1.54) is 18.2 Å². The molecule has 2 rings (SSSR count). The lowest BCUT2D eigenvalue weighted by atomic mass is 10.2. The van der Waals surface area contributed by atoms with Gasteiger partial charge in [0.15, 0.2) is 0 Å². The monoisotopic (exact) mass is 339 g/mol. The second-order valence-corrected chi connectivity index (χ2v) is 6.66. The average molecular weight is 340 g/mol. The molecule has 1 heterocycles. The highest BCUT2D eigenvalue weighted by molar-refractivity contribution is 7.89. The lowest BCUT2D eigenvalue weighted by Gasteiger charge is -2.08. The van der Waals surface area contributed by atoms with E-state index in [0.29, 0.717) is 5.69 Å². The zero-order valence-electron chi connectivity index (χ0n) is 11.7. The second-order valence-electron chi connectivity index (χ2n) is 4.72. The molecule has 0 fully saturated rings. The number of hydrogen-bond donors (Lipinski definition) is 2. The summed E-state index contributed by atoms with van der Waals surface area (Å²) < 4.78 is 22.8. The van der Waals surface area contributed by atoms with E-state index in [-0.39, 0.29) is 22.2 Å². The van der Waals surface area contributed by atoms with E-state index < -0.39 is 10.0 Å². The van der Waals surface area contributed by atoms with Crippen LogP contribution < -0.4 is 10.5 Å². The van der Waals surface area contributed by atoms with Crippen molar-refractivity contribution in [3.63, 3.8) is 0 Å². The Kier molecular flexibility index (Phi) is 4.80. The summed E-state index contributed by atoms with van der Waals surface area (Å²) in [7, 11) is -3.95. The number of carbonyl (C=O) groups excluding carboxylic acids is 1. The van der Waals surface area contributed by atoms with Crippen LogP contribution in [0.1, 0.15) is 11.3 Å². The smallest absolute Gasteiger partial charge is 0.239 e. The van der Waals surface area contributed by atoms with Crippen LogP contribution in [0.4, 0.5) is 5.69 Å². The van der Waals surface area contributed by atoms with Gasteiger partial charge in [0.25, 0.3) is 0 Å². The zero-order valence-corrected chi connectivity index (χ0v) is 13.3. The van der Waals surface area contributed by atoms with E-state index >= 15 is 0 Å². The lowest BCUT2D eigenvalue weighted by Crippen LogP contribution is -2.16. The van der Waals surface area contributed by atoms with Gasteiger partial charge in [-0.1, -0.05) is 17.7 Å². The van der Waals surface area contributed by atoms with Gasteiger partial charge in [-0.05, 0) is 36.8 Å². The SMILES string of the molecule is Cc1ccc(CC(=O)Nc2ccc(Cl)c(S(N)(=O)=O)c2)cn1. The fourth-order valence-corrected chi connectivity index (χ4v) is 2.86. The van der Waals surface area contributed by atoms with Crippen LogP contribution in [0, 0.1) is 6.92 Å². The van der Waals surface area contributed by atoms with Crippen LogP contribution in [-0.4, -0.2) is 19.3 Å². The Hall–Kier alpha value is -1.96. The van der Waals surface area contributed by atoms with Crippen molar-refractivity contribution >= 4 is 33.2 Å². The quantitative estimate of drug-likeness (QED) is 0.887. The minimum absolute atomic E-state index is 0.00299. The molecule has 8 heteroatoms. The molecule has 0 saturated heterocycles. The number of benzene rings is 1. The van der Waals surface area contributed by atoms with Crippen LogP contribution in [0.3, 0.4) is 0 Å². The Labute approximate surface area is 133 Å². The molecule has 0 bridgehead atoms. The zero-order chi connectivity index (χ0) is 16.3. The molecule has 0 atom stereocenters. The minimum Gasteiger partial charge on any atom is -0.326 e. The fraction of sp³-hybridized carbons (Fsp3) is 0.143. The third-order valence-electron chi connectivity index (χ3n) is 2.86. The molecule has 0 aliphatic carbocycles. The summed E-state index contributed by atoms with van der Waals surface area (Å²) in [6.07, 6.45) is 1.74. The van der Waals surface area contributed by atoms with Gasteiger partial charge in [-0.15, -0.1) is 0 Å². The Bertz CT molecular complexity index is 805. The van der Waals surface area contributed by atoms with Gasteiger partial charge in [-0.25, -0.2) is 13.6 Å². The Morgan fingerprint density at radius 1 is 1.32 bits per heavy atom. The van der Waals surface area contributed by atoms with Gasteiger partial charge in [0, 0.05) is 17.6 Å². The first-order chi connectivity index (χ1) is 10.3.